The van der Waals surface area contributed by atoms with Crippen LogP contribution in [0.5, 0.6) is 5.75 Å². The summed E-state index contributed by atoms with van der Waals surface area (Å²) in [4.78, 5) is 20.3. The van der Waals surface area contributed by atoms with Gasteiger partial charge in [0, 0.05) is 11.4 Å². The van der Waals surface area contributed by atoms with E-state index < -0.39 is 0 Å². The van der Waals surface area contributed by atoms with E-state index in [1.165, 1.54) is 0 Å². The number of ether oxygens (including phenoxy) is 1. The van der Waals surface area contributed by atoms with Crippen LogP contribution in [0.2, 0.25) is 0 Å². The SMILES string of the molecule is COc1ccc(CC(=O)Nc2nc(C)cc(C)n2)cc1. The minimum absolute atomic E-state index is 0.139. The van der Waals surface area contributed by atoms with Gasteiger partial charge < -0.3 is 4.74 Å². The van der Waals surface area contributed by atoms with Crippen molar-refractivity contribution in [1.29, 1.82) is 0 Å². The molecule has 1 aromatic heterocycles. The fourth-order valence-electron chi connectivity index (χ4n) is 1.88. The van der Waals surface area contributed by atoms with E-state index in [0.717, 1.165) is 22.7 Å². The molecule has 0 atom stereocenters. The van der Waals surface area contributed by atoms with Gasteiger partial charge in [0.25, 0.3) is 0 Å². The number of nitrogens with one attached hydrogen (secondary N) is 1. The maximum atomic E-state index is 11.9. The Hall–Kier alpha value is -2.43. The van der Waals surface area contributed by atoms with Crippen LogP contribution < -0.4 is 10.1 Å². The zero-order chi connectivity index (χ0) is 14.5. The van der Waals surface area contributed by atoms with Crippen molar-refractivity contribution in [3.63, 3.8) is 0 Å². The van der Waals surface area contributed by atoms with E-state index >= 15 is 0 Å². The van der Waals surface area contributed by atoms with E-state index in [-0.39, 0.29) is 12.3 Å². The minimum Gasteiger partial charge on any atom is -0.497 e. The van der Waals surface area contributed by atoms with Gasteiger partial charge in [-0.15, -0.1) is 0 Å². The van der Waals surface area contributed by atoms with Crippen LogP contribution in [0.25, 0.3) is 0 Å². The van der Waals surface area contributed by atoms with Crippen molar-refractivity contribution in [1.82, 2.24) is 9.97 Å². The number of carbonyl (C=O) groups excluding carboxylic acids is 1. The topological polar surface area (TPSA) is 64.1 Å². The number of benzene rings is 1. The molecule has 0 aliphatic rings. The Morgan fingerprint density at radius 3 is 2.30 bits per heavy atom. The van der Waals surface area contributed by atoms with Crippen molar-refractivity contribution in [3.05, 3.63) is 47.3 Å². The highest BCUT2D eigenvalue weighted by molar-refractivity contribution is 5.90. The highest BCUT2D eigenvalue weighted by atomic mass is 16.5. The van der Waals surface area contributed by atoms with Crippen molar-refractivity contribution in [2.75, 3.05) is 12.4 Å². The van der Waals surface area contributed by atoms with Gasteiger partial charge in [0.05, 0.1) is 13.5 Å². The molecule has 5 heteroatoms. The molecule has 0 fully saturated rings. The lowest BCUT2D eigenvalue weighted by molar-refractivity contribution is -0.115. The molecule has 0 unspecified atom stereocenters. The van der Waals surface area contributed by atoms with E-state index in [9.17, 15) is 4.79 Å². The van der Waals surface area contributed by atoms with Gasteiger partial charge in [0.15, 0.2) is 0 Å². The zero-order valence-corrected chi connectivity index (χ0v) is 11.8. The van der Waals surface area contributed by atoms with Crippen molar-refractivity contribution in [3.8, 4) is 5.75 Å². The zero-order valence-electron chi connectivity index (χ0n) is 11.8. The van der Waals surface area contributed by atoms with E-state index in [4.69, 9.17) is 4.74 Å². The fourth-order valence-corrected chi connectivity index (χ4v) is 1.88. The monoisotopic (exact) mass is 271 g/mol. The Kier molecular flexibility index (Phi) is 4.30. The maximum absolute atomic E-state index is 11.9. The molecule has 0 spiro atoms. The van der Waals surface area contributed by atoms with Crippen LogP contribution >= 0.6 is 0 Å². The molecule has 2 aromatic rings. The summed E-state index contributed by atoms with van der Waals surface area (Å²) in [5.41, 5.74) is 2.57. The quantitative estimate of drug-likeness (QED) is 0.926. The molecule has 0 aliphatic heterocycles. The molecule has 1 heterocycles. The molecule has 0 aliphatic carbocycles. The van der Waals surface area contributed by atoms with Crippen molar-refractivity contribution in [2.24, 2.45) is 0 Å². The van der Waals surface area contributed by atoms with E-state index in [2.05, 4.69) is 15.3 Å². The summed E-state index contributed by atoms with van der Waals surface area (Å²) in [7, 11) is 1.61. The highest BCUT2D eigenvalue weighted by Gasteiger charge is 2.07. The molecule has 2 rings (SSSR count). The highest BCUT2D eigenvalue weighted by Crippen LogP contribution is 2.12. The number of anilines is 1. The Balaban J connectivity index is 2.01. The van der Waals surface area contributed by atoms with Crippen molar-refractivity contribution < 1.29 is 9.53 Å². The number of rotatable bonds is 4. The second-order valence-corrected chi connectivity index (χ2v) is 4.55. The fraction of sp³-hybridized carbons (Fsp3) is 0.267. The third-order valence-corrected chi connectivity index (χ3v) is 2.76. The predicted octanol–water partition coefficient (Wildman–Crippen LogP) is 2.28. The molecule has 0 radical (unpaired) electrons. The first-order chi connectivity index (χ1) is 9.56. The van der Waals surface area contributed by atoms with E-state index in [0.29, 0.717) is 5.95 Å². The Morgan fingerprint density at radius 2 is 1.75 bits per heavy atom. The third-order valence-electron chi connectivity index (χ3n) is 2.76. The van der Waals surface area contributed by atoms with Crippen LogP contribution in [0.3, 0.4) is 0 Å². The summed E-state index contributed by atoms with van der Waals surface area (Å²) in [6, 6.07) is 9.24. The lowest BCUT2D eigenvalue weighted by Gasteiger charge is -2.06. The van der Waals surface area contributed by atoms with Gasteiger partial charge in [-0.2, -0.15) is 0 Å². The second kappa shape index (κ2) is 6.14. The molecular weight excluding hydrogens is 254 g/mol. The molecule has 1 N–H and O–H groups in total. The van der Waals surface area contributed by atoms with Crippen molar-refractivity contribution >= 4 is 11.9 Å². The summed E-state index contributed by atoms with van der Waals surface area (Å²) in [5.74, 6) is 0.980. The van der Waals surface area contributed by atoms with Crippen LogP contribution in [-0.4, -0.2) is 23.0 Å². The largest absolute Gasteiger partial charge is 0.497 e. The number of hydrogen-bond acceptors (Lipinski definition) is 4. The summed E-state index contributed by atoms with van der Waals surface area (Å²) >= 11 is 0. The van der Waals surface area contributed by atoms with Gasteiger partial charge in [-0.25, -0.2) is 9.97 Å². The van der Waals surface area contributed by atoms with Crippen LogP contribution in [0, 0.1) is 13.8 Å². The lowest BCUT2D eigenvalue weighted by Crippen LogP contribution is -2.17. The molecular formula is C15H17N3O2. The van der Waals surface area contributed by atoms with Crippen LogP contribution in [-0.2, 0) is 11.2 Å². The first-order valence-electron chi connectivity index (χ1n) is 6.32. The van der Waals surface area contributed by atoms with E-state index in [1.807, 2.05) is 44.2 Å². The van der Waals surface area contributed by atoms with Crippen LogP contribution in [0.1, 0.15) is 17.0 Å². The molecule has 0 saturated carbocycles. The average molecular weight is 271 g/mol. The molecule has 104 valence electrons. The summed E-state index contributed by atoms with van der Waals surface area (Å²) in [6.07, 6.45) is 0.278. The Bertz CT molecular complexity index is 589. The molecule has 20 heavy (non-hydrogen) atoms. The predicted molar refractivity (Wildman–Crippen MR) is 76.8 cm³/mol. The number of amides is 1. The summed E-state index contributed by atoms with van der Waals surface area (Å²) in [5, 5.41) is 2.71. The van der Waals surface area contributed by atoms with Crippen molar-refractivity contribution in [2.45, 2.75) is 20.3 Å². The second-order valence-electron chi connectivity index (χ2n) is 4.55. The number of hydrogen-bond donors (Lipinski definition) is 1. The normalized spacial score (nSPS) is 10.2. The smallest absolute Gasteiger partial charge is 0.231 e. The average Bonchev–Trinajstić information content (AvgIpc) is 2.38. The standard InChI is InChI=1S/C15H17N3O2/c1-10-8-11(2)17-15(16-10)18-14(19)9-12-4-6-13(20-3)7-5-12/h4-8H,9H2,1-3H3,(H,16,17,18,19). The lowest BCUT2D eigenvalue weighted by atomic mass is 10.1. The van der Waals surface area contributed by atoms with Gasteiger partial charge in [-0.1, -0.05) is 12.1 Å². The van der Waals surface area contributed by atoms with Gasteiger partial charge in [-0.05, 0) is 37.6 Å². The first-order valence-corrected chi connectivity index (χ1v) is 6.32. The van der Waals surface area contributed by atoms with Gasteiger partial charge in [-0.3, -0.25) is 10.1 Å². The number of aryl methyl sites for hydroxylation is 2. The molecule has 1 aromatic carbocycles. The number of nitrogens with zero attached hydrogens (tertiary/aromatic N) is 2. The number of aromatic nitrogens is 2. The molecule has 0 bridgehead atoms. The van der Waals surface area contributed by atoms with Gasteiger partial charge in [0.1, 0.15) is 5.75 Å². The maximum Gasteiger partial charge on any atom is 0.231 e. The summed E-state index contributed by atoms with van der Waals surface area (Å²) < 4.78 is 5.08. The van der Waals surface area contributed by atoms with E-state index in [1.54, 1.807) is 7.11 Å². The minimum atomic E-state index is -0.139. The van der Waals surface area contributed by atoms with Crippen LogP contribution in [0.4, 0.5) is 5.95 Å². The Labute approximate surface area is 118 Å². The Morgan fingerprint density at radius 1 is 1.15 bits per heavy atom. The number of carbonyl (C=O) groups is 1. The first kappa shape index (κ1) is 14.0. The van der Waals surface area contributed by atoms with Gasteiger partial charge >= 0.3 is 0 Å². The number of methoxy groups -OCH3 is 1. The molecule has 5 nitrogen and oxygen atoms in total. The molecule has 0 saturated heterocycles. The van der Waals surface area contributed by atoms with Crippen LogP contribution in [0.15, 0.2) is 30.3 Å². The third kappa shape index (κ3) is 3.78. The van der Waals surface area contributed by atoms with Gasteiger partial charge in [0.2, 0.25) is 11.9 Å². The molecule has 1 amide bonds. The summed E-state index contributed by atoms with van der Waals surface area (Å²) in [6.45, 7) is 3.74.